The van der Waals surface area contributed by atoms with Crippen LogP contribution in [-0.4, -0.2) is 82.4 Å². The zero-order chi connectivity index (χ0) is 37.0. The van der Waals surface area contributed by atoms with E-state index in [1.807, 2.05) is 12.1 Å². The maximum absolute atomic E-state index is 15.7. The van der Waals surface area contributed by atoms with E-state index in [0.717, 1.165) is 57.1 Å². The molecule has 3 aromatic heterocycles. The number of nitrogens with one attached hydrogen (secondary N) is 1. The fraction of sp³-hybridized carbons (Fsp3) is 0.436. The maximum atomic E-state index is 15.7. The molecule has 3 aliphatic heterocycles. The van der Waals surface area contributed by atoms with Gasteiger partial charge in [-0.3, -0.25) is 19.3 Å². The summed E-state index contributed by atoms with van der Waals surface area (Å²) in [6.45, 7) is 8.04. The molecule has 278 valence electrons. The summed E-state index contributed by atoms with van der Waals surface area (Å²) in [6, 6.07) is 8.68. The Bertz CT molecular complexity index is 2150. The van der Waals surface area contributed by atoms with Gasteiger partial charge < -0.3 is 33.7 Å². The summed E-state index contributed by atoms with van der Waals surface area (Å²) < 4.78 is 45.3. The van der Waals surface area contributed by atoms with Gasteiger partial charge in [0.1, 0.15) is 29.6 Å². The fourth-order valence-electron chi connectivity index (χ4n) is 8.23. The highest BCUT2D eigenvalue weighted by atomic mass is 19.1. The molecule has 6 heterocycles. The number of anilines is 4. The van der Waals surface area contributed by atoms with Crippen LogP contribution < -0.4 is 20.7 Å². The number of piperazine rings is 1. The first-order valence-corrected chi connectivity index (χ1v) is 18.3. The van der Waals surface area contributed by atoms with Gasteiger partial charge in [0.2, 0.25) is 0 Å². The summed E-state index contributed by atoms with van der Waals surface area (Å²) in [5, 5.41) is 3.14. The van der Waals surface area contributed by atoms with Crippen molar-refractivity contribution in [2.24, 2.45) is 7.05 Å². The largest absolute Gasteiger partial charge is 0.461 e. The van der Waals surface area contributed by atoms with Gasteiger partial charge in [-0.05, 0) is 68.5 Å². The summed E-state index contributed by atoms with van der Waals surface area (Å²) in [5.74, 6) is -1.85. The van der Waals surface area contributed by atoms with Gasteiger partial charge >= 0.3 is 5.97 Å². The lowest BCUT2D eigenvalue weighted by Gasteiger charge is -2.46. The van der Waals surface area contributed by atoms with E-state index in [1.165, 1.54) is 28.5 Å². The Morgan fingerprint density at radius 3 is 2.58 bits per heavy atom. The average Bonchev–Trinajstić information content (AvgIpc) is 3.41. The number of hydrogen-bond donors (Lipinski definition) is 1. The highest BCUT2D eigenvalue weighted by Gasteiger charge is 2.37. The molecule has 1 amide bonds. The van der Waals surface area contributed by atoms with Gasteiger partial charge in [0.25, 0.3) is 11.5 Å². The number of pyridine rings is 2. The lowest BCUT2D eigenvalue weighted by molar-refractivity contribution is -0.142. The minimum absolute atomic E-state index is 0.0278. The molecule has 2 saturated heterocycles. The second-order valence-corrected chi connectivity index (χ2v) is 14.4. The number of amides is 1. The molecule has 14 heteroatoms. The Labute approximate surface area is 305 Å². The molecule has 2 fully saturated rings. The van der Waals surface area contributed by atoms with Crippen LogP contribution in [0.15, 0.2) is 47.5 Å². The molecule has 1 aliphatic carbocycles. The van der Waals surface area contributed by atoms with Crippen LogP contribution in [0.2, 0.25) is 0 Å². The number of hydrogen-bond acceptors (Lipinski definition) is 9. The fourth-order valence-corrected chi connectivity index (χ4v) is 8.23. The predicted octanol–water partition coefficient (Wildman–Crippen LogP) is 4.78. The second-order valence-electron chi connectivity index (χ2n) is 14.4. The molecule has 1 atom stereocenters. The van der Waals surface area contributed by atoms with E-state index in [9.17, 15) is 14.4 Å². The van der Waals surface area contributed by atoms with Crippen LogP contribution in [0, 0.1) is 11.6 Å². The lowest BCUT2D eigenvalue weighted by Crippen LogP contribution is -2.59. The van der Waals surface area contributed by atoms with Crippen molar-refractivity contribution in [1.29, 1.82) is 0 Å². The van der Waals surface area contributed by atoms with Crippen molar-refractivity contribution in [3.8, 4) is 11.1 Å². The van der Waals surface area contributed by atoms with Gasteiger partial charge in [0, 0.05) is 81.3 Å². The number of nitrogens with zero attached hydrogens (tertiary/aromatic N) is 6. The molecule has 4 aliphatic rings. The molecule has 0 bridgehead atoms. The zero-order valence-electron chi connectivity index (χ0n) is 30.2. The summed E-state index contributed by atoms with van der Waals surface area (Å²) in [4.78, 5) is 50.3. The third-order valence-corrected chi connectivity index (χ3v) is 11.0. The molecule has 0 spiro atoms. The van der Waals surface area contributed by atoms with Crippen molar-refractivity contribution in [3.05, 3.63) is 87.2 Å². The quantitative estimate of drug-likeness (QED) is 0.256. The van der Waals surface area contributed by atoms with E-state index >= 15 is 8.78 Å². The Hall–Kier alpha value is -5.08. The first-order chi connectivity index (χ1) is 25.6. The molecule has 0 radical (unpaired) electrons. The van der Waals surface area contributed by atoms with Crippen LogP contribution in [0.1, 0.15) is 54.0 Å². The lowest BCUT2D eigenvalue weighted by atomic mass is 9.97. The van der Waals surface area contributed by atoms with Crippen molar-refractivity contribution in [3.63, 3.8) is 0 Å². The van der Waals surface area contributed by atoms with Crippen LogP contribution in [0.25, 0.3) is 11.1 Å². The Kier molecular flexibility index (Phi) is 9.27. The number of carbonyl (C=O) groups is 2. The molecular formula is C39H43F2N7O5. The van der Waals surface area contributed by atoms with Gasteiger partial charge in [0.15, 0.2) is 5.82 Å². The SMILES string of the molecule is CC(=O)OCc1c(-c2cc(Nc3ccc(N4CCN(C5COC5)C[C@@H]4C)cn3)c(=O)n(C)c2)cc(F)cc1N1CCn2c3c(c(F)c2C1=O)CCCC3. The Morgan fingerprint density at radius 1 is 1.06 bits per heavy atom. The molecule has 8 rings (SSSR count). The van der Waals surface area contributed by atoms with Crippen LogP contribution in [0.4, 0.5) is 31.7 Å². The number of carbonyl (C=O) groups excluding carboxylic acids is 2. The standard InChI is InChI=1S/C39H43F2N7O5/c1-23-18-45(28-20-52-21-28)10-11-46(23)27-8-9-35(42-17-27)43-32-14-25(19-44(3)38(32)50)30-15-26(40)16-34(31(30)22-53-24(2)49)48-13-12-47-33-7-5-4-6-29(33)36(41)37(47)39(48)51/h8-9,14-17,19,23,28H,4-7,10-13,18,20-22H2,1-3H3,(H,42,43)/t23-/m0/s1. The molecule has 0 saturated carbocycles. The van der Waals surface area contributed by atoms with Crippen molar-refractivity contribution < 1.29 is 27.8 Å². The number of benzene rings is 1. The smallest absolute Gasteiger partial charge is 0.302 e. The molecule has 1 aromatic carbocycles. The van der Waals surface area contributed by atoms with Crippen molar-refractivity contribution >= 4 is 34.8 Å². The second kappa shape index (κ2) is 14.0. The molecule has 1 N–H and O–H groups in total. The molecule has 4 aromatic rings. The summed E-state index contributed by atoms with van der Waals surface area (Å²) >= 11 is 0. The van der Waals surface area contributed by atoms with E-state index in [2.05, 4.69) is 27.0 Å². The number of aryl methyl sites for hydroxylation is 1. The van der Waals surface area contributed by atoms with Gasteiger partial charge in [0.05, 0.1) is 36.8 Å². The third-order valence-electron chi connectivity index (χ3n) is 11.0. The topological polar surface area (TPSA) is 114 Å². The monoisotopic (exact) mass is 727 g/mol. The minimum atomic E-state index is -0.646. The Balaban J connectivity index is 1.10. The van der Waals surface area contributed by atoms with E-state index in [1.54, 1.807) is 30.1 Å². The highest BCUT2D eigenvalue weighted by Crippen LogP contribution is 2.38. The van der Waals surface area contributed by atoms with Crippen molar-refractivity contribution in [2.45, 2.75) is 64.8 Å². The van der Waals surface area contributed by atoms with Crippen LogP contribution in [0.3, 0.4) is 0 Å². The average molecular weight is 728 g/mol. The van der Waals surface area contributed by atoms with E-state index in [0.29, 0.717) is 59.5 Å². The number of esters is 1. The molecule has 12 nitrogen and oxygen atoms in total. The number of aromatic nitrogens is 3. The number of rotatable bonds is 8. The Morgan fingerprint density at radius 2 is 1.87 bits per heavy atom. The van der Waals surface area contributed by atoms with Crippen LogP contribution in [-0.2, 0) is 47.3 Å². The van der Waals surface area contributed by atoms with Gasteiger partial charge in [-0.25, -0.2) is 13.8 Å². The molecule has 0 unspecified atom stereocenters. The van der Waals surface area contributed by atoms with Gasteiger partial charge in [-0.1, -0.05) is 0 Å². The number of ether oxygens (including phenoxy) is 2. The number of fused-ring (bicyclic) bond motifs is 3. The van der Waals surface area contributed by atoms with Crippen molar-refractivity contribution in [2.75, 3.05) is 54.5 Å². The first kappa shape index (κ1) is 35.0. The highest BCUT2D eigenvalue weighted by molar-refractivity contribution is 6.07. The number of halogens is 2. The molecular weight excluding hydrogens is 684 g/mol. The van der Waals surface area contributed by atoms with E-state index in [4.69, 9.17) is 9.47 Å². The van der Waals surface area contributed by atoms with Crippen molar-refractivity contribution in [1.82, 2.24) is 19.0 Å². The summed E-state index contributed by atoms with van der Waals surface area (Å²) in [5.41, 5.74) is 3.54. The van der Waals surface area contributed by atoms with Gasteiger partial charge in [-0.15, -0.1) is 0 Å². The van der Waals surface area contributed by atoms with Gasteiger partial charge in [-0.2, -0.15) is 0 Å². The maximum Gasteiger partial charge on any atom is 0.302 e. The van der Waals surface area contributed by atoms with E-state index < -0.39 is 23.5 Å². The summed E-state index contributed by atoms with van der Waals surface area (Å²) in [6.07, 6.45) is 6.42. The first-order valence-electron chi connectivity index (χ1n) is 18.3. The van der Waals surface area contributed by atoms with Crippen LogP contribution in [0.5, 0.6) is 0 Å². The molecule has 53 heavy (non-hydrogen) atoms. The zero-order valence-corrected chi connectivity index (χ0v) is 30.2. The minimum Gasteiger partial charge on any atom is -0.461 e. The third kappa shape index (κ3) is 6.48. The normalized spacial score (nSPS) is 19.1. The summed E-state index contributed by atoms with van der Waals surface area (Å²) in [7, 11) is 1.59. The predicted molar refractivity (Wildman–Crippen MR) is 196 cm³/mol. The van der Waals surface area contributed by atoms with E-state index in [-0.39, 0.29) is 35.8 Å². The van der Waals surface area contributed by atoms with Crippen LogP contribution >= 0.6 is 0 Å².